The van der Waals surface area contributed by atoms with Crippen molar-refractivity contribution in [2.45, 2.75) is 6.92 Å². The summed E-state index contributed by atoms with van der Waals surface area (Å²) in [6, 6.07) is 9.82. The first-order valence-electron chi connectivity index (χ1n) is 5.66. The summed E-state index contributed by atoms with van der Waals surface area (Å²) < 4.78 is 5.12. The van der Waals surface area contributed by atoms with Crippen LogP contribution in [0, 0.1) is 6.92 Å². The maximum atomic E-state index is 11.8. The molecule has 0 aromatic heterocycles. The van der Waals surface area contributed by atoms with Crippen LogP contribution in [0.15, 0.2) is 36.4 Å². The van der Waals surface area contributed by atoms with Gasteiger partial charge < -0.3 is 4.74 Å². The molecule has 1 amide bonds. The lowest BCUT2D eigenvalue weighted by Crippen LogP contribution is -2.17. The summed E-state index contributed by atoms with van der Waals surface area (Å²) in [7, 11) is 0. The lowest BCUT2D eigenvalue weighted by molar-refractivity contribution is 0.215. The van der Waals surface area contributed by atoms with Gasteiger partial charge >= 0.3 is 6.09 Å². The fourth-order valence-electron chi connectivity index (χ4n) is 1.53. The van der Waals surface area contributed by atoms with Crippen LogP contribution in [0.2, 0.25) is 15.1 Å². The Hall–Kier alpha value is -1.42. The van der Waals surface area contributed by atoms with Crippen molar-refractivity contribution in [3.63, 3.8) is 0 Å². The molecule has 104 valence electrons. The molecule has 0 spiro atoms. The summed E-state index contributed by atoms with van der Waals surface area (Å²) in [5, 5.41) is 3.88. The van der Waals surface area contributed by atoms with Crippen LogP contribution in [0.4, 0.5) is 10.5 Å². The molecule has 0 radical (unpaired) electrons. The molecule has 0 heterocycles. The van der Waals surface area contributed by atoms with Crippen molar-refractivity contribution in [2.75, 3.05) is 5.32 Å². The molecule has 0 unspecified atom stereocenters. The van der Waals surface area contributed by atoms with E-state index in [1.54, 1.807) is 37.3 Å². The Kier molecular flexibility index (Phi) is 4.76. The fraction of sp³-hybridized carbons (Fsp3) is 0.0714. The van der Waals surface area contributed by atoms with Gasteiger partial charge in [-0.25, -0.2) is 4.79 Å². The molecule has 0 atom stereocenters. The highest BCUT2D eigenvalue weighted by atomic mass is 35.5. The van der Waals surface area contributed by atoms with Gasteiger partial charge in [-0.15, -0.1) is 0 Å². The number of carbonyl (C=O) groups excluding carboxylic acids is 1. The second-order valence-corrected chi connectivity index (χ2v) is 5.25. The highest BCUT2D eigenvalue weighted by Crippen LogP contribution is 2.28. The van der Waals surface area contributed by atoms with Crippen LogP contribution in [0.3, 0.4) is 0 Å². The minimum Gasteiger partial charge on any atom is -0.408 e. The number of amides is 1. The van der Waals surface area contributed by atoms with E-state index < -0.39 is 6.09 Å². The SMILES string of the molecule is Cc1c(Cl)cccc1NC(=O)Oc1cc(Cl)ccc1Cl. The van der Waals surface area contributed by atoms with Crippen LogP contribution in [0.25, 0.3) is 0 Å². The molecule has 0 saturated carbocycles. The average Bonchev–Trinajstić information content (AvgIpc) is 2.39. The Morgan fingerprint density at radius 3 is 2.60 bits per heavy atom. The topological polar surface area (TPSA) is 38.3 Å². The molecular formula is C14H10Cl3NO2. The zero-order chi connectivity index (χ0) is 14.7. The van der Waals surface area contributed by atoms with E-state index in [1.165, 1.54) is 6.07 Å². The van der Waals surface area contributed by atoms with Crippen LogP contribution in [-0.2, 0) is 0 Å². The minimum absolute atomic E-state index is 0.191. The van der Waals surface area contributed by atoms with Crippen molar-refractivity contribution < 1.29 is 9.53 Å². The highest BCUT2D eigenvalue weighted by Gasteiger charge is 2.11. The summed E-state index contributed by atoms with van der Waals surface area (Å²) in [4.78, 5) is 11.8. The first-order valence-corrected chi connectivity index (χ1v) is 6.80. The van der Waals surface area contributed by atoms with E-state index in [0.717, 1.165) is 5.56 Å². The molecule has 2 aromatic carbocycles. The van der Waals surface area contributed by atoms with Gasteiger partial charge in [0.15, 0.2) is 5.75 Å². The third-order valence-corrected chi connectivity index (χ3v) is 3.56. The Balaban J connectivity index is 2.13. The molecule has 0 aliphatic rings. The fourth-order valence-corrected chi connectivity index (χ4v) is 2.03. The third kappa shape index (κ3) is 3.57. The smallest absolute Gasteiger partial charge is 0.408 e. The number of hydrogen-bond donors (Lipinski definition) is 1. The molecule has 3 nitrogen and oxygen atoms in total. The summed E-state index contributed by atoms with van der Waals surface area (Å²) in [6.45, 7) is 1.80. The number of rotatable bonds is 2. The van der Waals surface area contributed by atoms with Crippen molar-refractivity contribution >= 4 is 46.6 Å². The Morgan fingerprint density at radius 1 is 1.10 bits per heavy atom. The van der Waals surface area contributed by atoms with Gasteiger partial charge in [0, 0.05) is 21.8 Å². The Morgan fingerprint density at radius 2 is 1.85 bits per heavy atom. The number of ether oxygens (including phenoxy) is 1. The van der Waals surface area contributed by atoms with Crippen LogP contribution < -0.4 is 10.1 Å². The normalized spacial score (nSPS) is 10.2. The van der Waals surface area contributed by atoms with E-state index >= 15 is 0 Å². The lowest BCUT2D eigenvalue weighted by atomic mass is 10.2. The molecule has 0 aliphatic heterocycles. The zero-order valence-corrected chi connectivity index (χ0v) is 12.7. The molecule has 0 saturated heterocycles. The van der Waals surface area contributed by atoms with Crippen LogP contribution in [0.1, 0.15) is 5.56 Å². The molecular weight excluding hydrogens is 321 g/mol. The van der Waals surface area contributed by atoms with E-state index in [4.69, 9.17) is 39.5 Å². The number of benzene rings is 2. The van der Waals surface area contributed by atoms with E-state index in [9.17, 15) is 4.79 Å². The second kappa shape index (κ2) is 6.35. The zero-order valence-electron chi connectivity index (χ0n) is 10.4. The van der Waals surface area contributed by atoms with Crippen LogP contribution in [0.5, 0.6) is 5.75 Å². The van der Waals surface area contributed by atoms with Crippen molar-refractivity contribution in [3.8, 4) is 5.75 Å². The number of carbonyl (C=O) groups is 1. The van der Waals surface area contributed by atoms with Gasteiger partial charge in [-0.3, -0.25) is 5.32 Å². The summed E-state index contributed by atoms with van der Waals surface area (Å²) >= 11 is 17.7. The maximum absolute atomic E-state index is 11.8. The van der Waals surface area contributed by atoms with Gasteiger partial charge in [-0.2, -0.15) is 0 Å². The molecule has 0 fully saturated rings. The molecule has 0 aliphatic carbocycles. The largest absolute Gasteiger partial charge is 0.417 e. The standard InChI is InChI=1S/C14H10Cl3NO2/c1-8-10(16)3-2-4-12(8)18-14(19)20-13-7-9(15)5-6-11(13)17/h2-7H,1H3,(H,18,19). The predicted molar refractivity (Wildman–Crippen MR) is 82.3 cm³/mol. The number of halogens is 3. The minimum atomic E-state index is -0.667. The quantitative estimate of drug-likeness (QED) is 0.782. The van der Waals surface area contributed by atoms with Gasteiger partial charge in [-0.05, 0) is 36.8 Å². The van der Waals surface area contributed by atoms with Gasteiger partial charge in [0.25, 0.3) is 0 Å². The number of anilines is 1. The van der Waals surface area contributed by atoms with E-state index in [2.05, 4.69) is 5.32 Å². The summed E-state index contributed by atoms with van der Waals surface area (Å²) in [5.74, 6) is 0.191. The maximum Gasteiger partial charge on any atom is 0.417 e. The monoisotopic (exact) mass is 329 g/mol. The van der Waals surface area contributed by atoms with Crippen LogP contribution >= 0.6 is 34.8 Å². The molecule has 20 heavy (non-hydrogen) atoms. The lowest BCUT2D eigenvalue weighted by Gasteiger charge is -2.10. The average molecular weight is 331 g/mol. The third-order valence-electron chi connectivity index (χ3n) is 2.60. The Bertz CT molecular complexity index is 653. The van der Waals surface area contributed by atoms with Crippen molar-refractivity contribution in [1.82, 2.24) is 0 Å². The van der Waals surface area contributed by atoms with Gasteiger partial charge in [0.05, 0.1) is 5.02 Å². The first-order chi connectivity index (χ1) is 9.47. The predicted octanol–water partition coefficient (Wildman–Crippen LogP) is 5.57. The molecule has 6 heteroatoms. The number of nitrogens with one attached hydrogen (secondary N) is 1. The summed E-state index contributed by atoms with van der Waals surface area (Å²) in [5.41, 5.74) is 1.32. The summed E-state index contributed by atoms with van der Waals surface area (Å²) in [6.07, 6.45) is -0.667. The molecule has 2 rings (SSSR count). The van der Waals surface area contributed by atoms with E-state index in [0.29, 0.717) is 20.8 Å². The van der Waals surface area contributed by atoms with E-state index in [-0.39, 0.29) is 5.75 Å². The van der Waals surface area contributed by atoms with Gasteiger partial charge in [-0.1, -0.05) is 40.9 Å². The van der Waals surface area contributed by atoms with Crippen LogP contribution in [-0.4, -0.2) is 6.09 Å². The highest BCUT2D eigenvalue weighted by molar-refractivity contribution is 6.34. The first kappa shape index (κ1) is 15.0. The van der Waals surface area contributed by atoms with Crippen molar-refractivity contribution in [2.24, 2.45) is 0 Å². The molecule has 1 N–H and O–H groups in total. The molecule has 0 bridgehead atoms. The van der Waals surface area contributed by atoms with Crippen molar-refractivity contribution in [3.05, 3.63) is 57.0 Å². The number of hydrogen-bond acceptors (Lipinski definition) is 2. The van der Waals surface area contributed by atoms with Crippen molar-refractivity contribution in [1.29, 1.82) is 0 Å². The molecule has 2 aromatic rings. The Labute approximate surface area is 131 Å². The van der Waals surface area contributed by atoms with E-state index in [1.807, 2.05) is 0 Å². The second-order valence-electron chi connectivity index (χ2n) is 4.00. The van der Waals surface area contributed by atoms with Gasteiger partial charge in [0.2, 0.25) is 0 Å². The van der Waals surface area contributed by atoms with Gasteiger partial charge in [0.1, 0.15) is 0 Å².